The molecule has 0 heterocycles. The van der Waals surface area contributed by atoms with Gasteiger partial charge < -0.3 is 5.32 Å². The zero-order valence-electron chi connectivity index (χ0n) is 10.8. The monoisotopic (exact) mass is 265 g/mol. The molecule has 1 aromatic rings. The van der Waals surface area contributed by atoms with Gasteiger partial charge in [0, 0.05) is 18.7 Å². The summed E-state index contributed by atoms with van der Waals surface area (Å²) in [6.07, 6.45) is 8.11. The Labute approximate surface area is 110 Å². The van der Waals surface area contributed by atoms with Crippen LogP contribution in [-0.2, 0) is 9.84 Å². The fraction of sp³-hybridized carbons (Fsp3) is 0.429. The fourth-order valence-corrected chi connectivity index (χ4v) is 2.26. The number of benzene rings is 1. The minimum absolute atomic E-state index is 0.191. The summed E-state index contributed by atoms with van der Waals surface area (Å²) in [5.74, 6) is 2.60. The average molecular weight is 265 g/mol. The minimum Gasteiger partial charge on any atom is -0.310 e. The fourth-order valence-electron chi connectivity index (χ4n) is 1.63. The van der Waals surface area contributed by atoms with Crippen molar-refractivity contribution in [2.24, 2.45) is 0 Å². The Bertz CT molecular complexity index is 512. The number of unbranched alkanes of at least 4 members (excludes halogenated alkanes) is 1. The third kappa shape index (κ3) is 4.52. The van der Waals surface area contributed by atoms with E-state index in [1.54, 1.807) is 12.1 Å². The Morgan fingerprint density at radius 2 is 1.94 bits per heavy atom. The number of nitrogens with one attached hydrogen (secondary N) is 1. The summed E-state index contributed by atoms with van der Waals surface area (Å²) < 4.78 is 22.6. The number of hydrogen-bond acceptors (Lipinski definition) is 3. The van der Waals surface area contributed by atoms with Gasteiger partial charge >= 0.3 is 0 Å². The van der Waals surface area contributed by atoms with Gasteiger partial charge in [-0.3, -0.25) is 0 Å². The maximum Gasteiger partial charge on any atom is 0.175 e. The molecule has 0 saturated heterocycles. The maximum absolute atomic E-state index is 11.3. The Kier molecular flexibility index (Phi) is 5.39. The predicted octanol–water partition coefficient (Wildman–Crippen LogP) is 2.15. The molecular weight excluding hydrogens is 246 g/mol. The highest BCUT2D eigenvalue weighted by Crippen LogP contribution is 2.16. The van der Waals surface area contributed by atoms with Crippen LogP contribution < -0.4 is 5.32 Å². The van der Waals surface area contributed by atoms with Gasteiger partial charge in [-0.25, -0.2) is 8.42 Å². The number of terminal acetylenes is 1. The molecule has 0 saturated carbocycles. The molecule has 0 aliphatic rings. The molecule has 18 heavy (non-hydrogen) atoms. The van der Waals surface area contributed by atoms with E-state index in [-0.39, 0.29) is 6.04 Å². The lowest BCUT2D eigenvalue weighted by Crippen LogP contribution is -2.19. The summed E-state index contributed by atoms with van der Waals surface area (Å²) in [5, 5.41) is 3.35. The van der Waals surface area contributed by atoms with E-state index in [1.165, 1.54) is 6.26 Å². The van der Waals surface area contributed by atoms with Gasteiger partial charge in [-0.2, -0.15) is 0 Å². The van der Waals surface area contributed by atoms with Crippen LogP contribution in [0.4, 0.5) is 0 Å². The highest BCUT2D eigenvalue weighted by Gasteiger charge is 2.08. The van der Waals surface area contributed by atoms with E-state index in [9.17, 15) is 8.42 Å². The van der Waals surface area contributed by atoms with Crippen molar-refractivity contribution in [1.29, 1.82) is 0 Å². The first-order chi connectivity index (χ1) is 8.45. The van der Waals surface area contributed by atoms with Crippen LogP contribution in [0.2, 0.25) is 0 Å². The normalized spacial score (nSPS) is 12.9. The van der Waals surface area contributed by atoms with Crippen molar-refractivity contribution in [2.45, 2.75) is 30.7 Å². The van der Waals surface area contributed by atoms with Crippen LogP contribution in [0.25, 0.3) is 0 Å². The first-order valence-electron chi connectivity index (χ1n) is 5.92. The Balaban J connectivity index is 2.60. The Hall–Kier alpha value is -1.31. The van der Waals surface area contributed by atoms with Crippen molar-refractivity contribution >= 4 is 9.84 Å². The van der Waals surface area contributed by atoms with E-state index < -0.39 is 9.84 Å². The second kappa shape index (κ2) is 6.58. The summed E-state index contributed by atoms with van der Waals surface area (Å²) in [4.78, 5) is 0.353. The van der Waals surface area contributed by atoms with Crippen molar-refractivity contribution in [3.8, 4) is 12.3 Å². The molecule has 0 fully saturated rings. The zero-order chi connectivity index (χ0) is 13.6. The molecule has 4 heteroatoms. The van der Waals surface area contributed by atoms with Crippen molar-refractivity contribution < 1.29 is 8.42 Å². The summed E-state index contributed by atoms with van der Waals surface area (Å²) in [6, 6.07) is 7.16. The highest BCUT2D eigenvalue weighted by atomic mass is 32.2. The first kappa shape index (κ1) is 14.7. The van der Waals surface area contributed by atoms with Gasteiger partial charge in [0.25, 0.3) is 0 Å². The van der Waals surface area contributed by atoms with Crippen molar-refractivity contribution in [2.75, 3.05) is 12.8 Å². The summed E-state index contributed by atoms with van der Waals surface area (Å²) in [6.45, 7) is 2.91. The van der Waals surface area contributed by atoms with Crippen molar-refractivity contribution in [3.63, 3.8) is 0 Å². The lowest BCUT2D eigenvalue weighted by Gasteiger charge is -2.14. The second-order valence-electron chi connectivity index (χ2n) is 4.32. The maximum atomic E-state index is 11.3. The second-order valence-corrected chi connectivity index (χ2v) is 6.34. The summed E-state index contributed by atoms with van der Waals surface area (Å²) in [7, 11) is -3.11. The molecule has 1 aromatic carbocycles. The molecule has 1 N–H and O–H groups in total. The van der Waals surface area contributed by atoms with Crippen LogP contribution >= 0.6 is 0 Å². The SMILES string of the molecule is C#CCCCNC(C)c1ccc(S(C)(=O)=O)cc1. The van der Waals surface area contributed by atoms with Crippen LogP contribution in [0.1, 0.15) is 31.4 Å². The molecule has 3 nitrogen and oxygen atoms in total. The topological polar surface area (TPSA) is 46.2 Å². The molecule has 1 rings (SSSR count). The van der Waals surface area contributed by atoms with Gasteiger partial charge in [0.2, 0.25) is 0 Å². The molecule has 98 valence electrons. The minimum atomic E-state index is -3.11. The van der Waals surface area contributed by atoms with Crippen molar-refractivity contribution in [1.82, 2.24) is 5.32 Å². The highest BCUT2D eigenvalue weighted by molar-refractivity contribution is 7.90. The van der Waals surface area contributed by atoms with Gasteiger partial charge in [-0.05, 0) is 37.6 Å². The molecular formula is C14H19NO2S. The molecule has 0 radical (unpaired) electrons. The van der Waals surface area contributed by atoms with E-state index >= 15 is 0 Å². The Morgan fingerprint density at radius 3 is 2.44 bits per heavy atom. The third-order valence-corrected chi connectivity index (χ3v) is 3.89. The number of hydrogen-bond donors (Lipinski definition) is 1. The van der Waals surface area contributed by atoms with Gasteiger partial charge in [0.1, 0.15) is 0 Å². The van der Waals surface area contributed by atoms with Crippen LogP contribution in [0.15, 0.2) is 29.2 Å². The van der Waals surface area contributed by atoms with Crippen LogP contribution in [0.3, 0.4) is 0 Å². The zero-order valence-corrected chi connectivity index (χ0v) is 11.6. The van der Waals surface area contributed by atoms with E-state index in [4.69, 9.17) is 6.42 Å². The lowest BCUT2D eigenvalue weighted by atomic mass is 10.1. The molecule has 0 aromatic heterocycles. The smallest absolute Gasteiger partial charge is 0.175 e. The molecule has 0 aliphatic heterocycles. The first-order valence-corrected chi connectivity index (χ1v) is 7.81. The van der Waals surface area contributed by atoms with Crippen LogP contribution in [-0.4, -0.2) is 21.2 Å². The van der Waals surface area contributed by atoms with E-state index in [2.05, 4.69) is 11.2 Å². The largest absolute Gasteiger partial charge is 0.310 e. The van der Waals surface area contributed by atoms with E-state index in [0.717, 1.165) is 24.9 Å². The van der Waals surface area contributed by atoms with E-state index in [1.807, 2.05) is 19.1 Å². The molecule has 0 spiro atoms. The van der Waals surface area contributed by atoms with Crippen molar-refractivity contribution in [3.05, 3.63) is 29.8 Å². The van der Waals surface area contributed by atoms with Gasteiger partial charge in [0.05, 0.1) is 4.90 Å². The summed E-state index contributed by atoms with van der Waals surface area (Å²) >= 11 is 0. The van der Waals surface area contributed by atoms with Crippen LogP contribution in [0, 0.1) is 12.3 Å². The lowest BCUT2D eigenvalue weighted by molar-refractivity contribution is 0.562. The molecule has 0 aliphatic carbocycles. The van der Waals surface area contributed by atoms with Gasteiger partial charge in [-0.15, -0.1) is 12.3 Å². The number of rotatable bonds is 6. The van der Waals surface area contributed by atoms with Gasteiger partial charge in [0.15, 0.2) is 9.84 Å². The van der Waals surface area contributed by atoms with Gasteiger partial charge in [-0.1, -0.05) is 12.1 Å². The van der Waals surface area contributed by atoms with Crippen LogP contribution in [0.5, 0.6) is 0 Å². The molecule has 0 amide bonds. The summed E-state index contributed by atoms with van der Waals surface area (Å²) in [5.41, 5.74) is 1.07. The number of sulfone groups is 1. The predicted molar refractivity (Wildman–Crippen MR) is 74.0 cm³/mol. The molecule has 0 bridgehead atoms. The quantitative estimate of drug-likeness (QED) is 0.633. The molecule has 1 unspecified atom stereocenters. The molecule has 1 atom stereocenters. The Morgan fingerprint density at radius 1 is 1.33 bits per heavy atom. The average Bonchev–Trinajstić information content (AvgIpc) is 2.33. The standard InChI is InChI=1S/C14H19NO2S/c1-4-5-6-11-15-12(2)13-7-9-14(10-8-13)18(3,16)17/h1,7-10,12,15H,5-6,11H2,2-3H3. The third-order valence-electron chi connectivity index (χ3n) is 2.76. The van der Waals surface area contributed by atoms with E-state index in [0.29, 0.717) is 4.90 Å².